The number of rotatable bonds is 5. The molecular weight excluding hydrogens is 268 g/mol. The predicted octanol–water partition coefficient (Wildman–Crippen LogP) is 3.00. The molecule has 1 saturated carbocycles. The molecule has 1 rings (SSSR count). The molecular formula is C16H30N2O3. The Morgan fingerprint density at radius 3 is 2.10 bits per heavy atom. The number of carbonyl (C=O) groups is 2. The summed E-state index contributed by atoms with van der Waals surface area (Å²) in [6.45, 7) is 8.28. The highest BCUT2D eigenvalue weighted by molar-refractivity contribution is 5.83. The Balaban J connectivity index is 2.35. The van der Waals surface area contributed by atoms with E-state index in [0.29, 0.717) is 12.5 Å². The van der Waals surface area contributed by atoms with Crippen LogP contribution in [-0.4, -0.2) is 29.7 Å². The Kier molecular flexibility index (Phi) is 6.49. The summed E-state index contributed by atoms with van der Waals surface area (Å²) in [7, 11) is 0. The van der Waals surface area contributed by atoms with E-state index in [2.05, 4.69) is 17.6 Å². The van der Waals surface area contributed by atoms with E-state index in [1.54, 1.807) is 20.8 Å². The number of carbonyl (C=O) groups excluding carboxylic acids is 1. The van der Waals surface area contributed by atoms with Crippen molar-refractivity contribution in [2.45, 2.75) is 65.8 Å². The van der Waals surface area contributed by atoms with Crippen molar-refractivity contribution in [3.05, 3.63) is 0 Å². The van der Waals surface area contributed by atoms with Crippen molar-refractivity contribution in [1.29, 1.82) is 0 Å². The maximum atomic E-state index is 11.9. The van der Waals surface area contributed by atoms with Crippen LogP contribution in [0, 0.1) is 17.3 Å². The molecule has 5 heteroatoms. The zero-order valence-electron chi connectivity index (χ0n) is 13.7. The third kappa shape index (κ3) is 5.94. The number of aliphatic carboxylic acids is 1. The van der Waals surface area contributed by atoms with E-state index in [9.17, 15) is 14.7 Å². The molecule has 122 valence electrons. The van der Waals surface area contributed by atoms with Gasteiger partial charge in [0, 0.05) is 6.54 Å². The predicted molar refractivity (Wildman–Crippen MR) is 83.2 cm³/mol. The van der Waals surface area contributed by atoms with Crippen LogP contribution in [0.3, 0.4) is 0 Å². The van der Waals surface area contributed by atoms with Gasteiger partial charge in [-0.15, -0.1) is 0 Å². The molecule has 0 unspecified atom stereocenters. The van der Waals surface area contributed by atoms with Gasteiger partial charge in [0.1, 0.15) is 6.04 Å². The van der Waals surface area contributed by atoms with E-state index in [1.807, 2.05) is 0 Å². The monoisotopic (exact) mass is 298 g/mol. The lowest BCUT2D eigenvalue weighted by molar-refractivity contribution is -0.141. The van der Waals surface area contributed by atoms with Crippen LogP contribution in [0.5, 0.6) is 0 Å². The number of hydrogen-bond donors (Lipinski definition) is 3. The Bertz CT molecular complexity index is 355. The minimum absolute atomic E-state index is 0.380. The van der Waals surface area contributed by atoms with E-state index in [-0.39, 0.29) is 6.03 Å². The Morgan fingerprint density at radius 2 is 1.67 bits per heavy atom. The minimum atomic E-state index is -0.999. The van der Waals surface area contributed by atoms with Crippen LogP contribution in [0.15, 0.2) is 0 Å². The summed E-state index contributed by atoms with van der Waals surface area (Å²) in [6, 6.07) is -1.26. The van der Waals surface area contributed by atoms with Crippen LogP contribution in [-0.2, 0) is 4.79 Å². The molecule has 0 radical (unpaired) electrons. The largest absolute Gasteiger partial charge is 0.480 e. The second-order valence-electron chi connectivity index (χ2n) is 7.29. The maximum Gasteiger partial charge on any atom is 0.326 e. The Morgan fingerprint density at radius 1 is 1.14 bits per heavy atom. The van der Waals surface area contributed by atoms with Gasteiger partial charge >= 0.3 is 12.0 Å². The quantitative estimate of drug-likeness (QED) is 0.730. The maximum absolute atomic E-state index is 11.9. The molecule has 0 heterocycles. The third-order valence-electron chi connectivity index (χ3n) is 4.48. The molecule has 3 N–H and O–H groups in total. The molecule has 0 aromatic heterocycles. The summed E-state index contributed by atoms with van der Waals surface area (Å²) in [5.74, 6) is 0.366. The van der Waals surface area contributed by atoms with Crippen molar-refractivity contribution in [2.75, 3.05) is 6.54 Å². The minimum Gasteiger partial charge on any atom is -0.480 e. The standard InChI is InChI=1S/C16H30N2O3/c1-5-11-6-8-12(9-7-11)10-17-15(21)18-13(14(19)20)16(2,3)4/h11-13H,5-10H2,1-4H3,(H,19,20)(H2,17,18,21)/t11?,12?,13-/m0/s1. The van der Waals surface area contributed by atoms with Crippen LogP contribution < -0.4 is 10.6 Å². The fraction of sp³-hybridized carbons (Fsp3) is 0.875. The van der Waals surface area contributed by atoms with E-state index in [0.717, 1.165) is 18.8 Å². The summed E-state index contributed by atoms with van der Waals surface area (Å²) in [5.41, 5.74) is -0.512. The van der Waals surface area contributed by atoms with E-state index in [4.69, 9.17) is 0 Å². The average Bonchev–Trinajstić information content (AvgIpc) is 2.41. The van der Waals surface area contributed by atoms with E-state index >= 15 is 0 Å². The van der Waals surface area contributed by atoms with Gasteiger partial charge in [0.15, 0.2) is 0 Å². The zero-order valence-corrected chi connectivity index (χ0v) is 13.7. The summed E-state index contributed by atoms with van der Waals surface area (Å²) in [5, 5.41) is 14.6. The van der Waals surface area contributed by atoms with Crippen LogP contribution in [0.4, 0.5) is 4.79 Å². The number of carboxylic acid groups (broad SMARTS) is 1. The number of carboxylic acids is 1. The van der Waals surface area contributed by atoms with Crippen molar-refractivity contribution < 1.29 is 14.7 Å². The average molecular weight is 298 g/mol. The summed E-state index contributed by atoms with van der Waals surface area (Å²) >= 11 is 0. The van der Waals surface area contributed by atoms with Gasteiger partial charge in [0.2, 0.25) is 0 Å². The Labute approximate surface area is 127 Å². The van der Waals surface area contributed by atoms with Gasteiger partial charge in [-0.05, 0) is 30.1 Å². The fourth-order valence-electron chi connectivity index (χ4n) is 2.91. The SMILES string of the molecule is CCC1CCC(CNC(=O)N[C@@H](C(=O)O)C(C)(C)C)CC1. The summed E-state index contributed by atoms with van der Waals surface area (Å²) in [6.07, 6.45) is 6.03. The number of nitrogens with one attached hydrogen (secondary N) is 2. The van der Waals surface area contributed by atoms with Crippen molar-refractivity contribution in [1.82, 2.24) is 10.6 Å². The van der Waals surface area contributed by atoms with E-state index in [1.165, 1.54) is 19.3 Å². The van der Waals surface area contributed by atoms with Crippen molar-refractivity contribution in [2.24, 2.45) is 17.3 Å². The number of amides is 2. The van der Waals surface area contributed by atoms with Crippen molar-refractivity contribution in [3.63, 3.8) is 0 Å². The summed E-state index contributed by atoms with van der Waals surface area (Å²) < 4.78 is 0. The molecule has 0 saturated heterocycles. The van der Waals surface area contributed by atoms with Gasteiger partial charge < -0.3 is 15.7 Å². The molecule has 0 aromatic carbocycles. The van der Waals surface area contributed by atoms with Gasteiger partial charge in [0.05, 0.1) is 0 Å². The normalized spacial score (nSPS) is 24.2. The molecule has 0 spiro atoms. The molecule has 0 aliphatic heterocycles. The highest BCUT2D eigenvalue weighted by atomic mass is 16.4. The Hall–Kier alpha value is -1.26. The van der Waals surface area contributed by atoms with Crippen LogP contribution in [0.1, 0.15) is 59.8 Å². The molecule has 0 aromatic rings. The van der Waals surface area contributed by atoms with Gasteiger partial charge in [-0.25, -0.2) is 9.59 Å². The van der Waals surface area contributed by atoms with Crippen LogP contribution in [0.25, 0.3) is 0 Å². The molecule has 2 amide bonds. The highest BCUT2D eigenvalue weighted by Crippen LogP contribution is 2.30. The number of urea groups is 1. The lowest BCUT2D eigenvalue weighted by atomic mass is 9.81. The lowest BCUT2D eigenvalue weighted by Crippen LogP contribution is -2.52. The smallest absolute Gasteiger partial charge is 0.326 e. The first kappa shape index (κ1) is 17.8. The lowest BCUT2D eigenvalue weighted by Gasteiger charge is -2.30. The third-order valence-corrected chi connectivity index (χ3v) is 4.48. The van der Waals surface area contributed by atoms with Gasteiger partial charge in [0.25, 0.3) is 0 Å². The first-order valence-electron chi connectivity index (χ1n) is 8.01. The highest BCUT2D eigenvalue weighted by Gasteiger charge is 2.32. The second-order valence-corrected chi connectivity index (χ2v) is 7.29. The van der Waals surface area contributed by atoms with Crippen LogP contribution >= 0.6 is 0 Å². The molecule has 21 heavy (non-hydrogen) atoms. The molecule has 1 fully saturated rings. The van der Waals surface area contributed by atoms with Gasteiger partial charge in [-0.2, -0.15) is 0 Å². The van der Waals surface area contributed by atoms with Crippen LogP contribution in [0.2, 0.25) is 0 Å². The molecule has 0 bridgehead atoms. The first-order chi connectivity index (χ1) is 9.74. The fourth-order valence-corrected chi connectivity index (χ4v) is 2.91. The summed E-state index contributed by atoms with van der Waals surface area (Å²) in [4.78, 5) is 23.1. The molecule has 1 aliphatic rings. The molecule has 1 aliphatic carbocycles. The second kappa shape index (κ2) is 7.66. The number of hydrogen-bond acceptors (Lipinski definition) is 2. The van der Waals surface area contributed by atoms with Crippen molar-refractivity contribution >= 4 is 12.0 Å². The first-order valence-corrected chi connectivity index (χ1v) is 8.01. The topological polar surface area (TPSA) is 78.4 Å². The molecule has 5 nitrogen and oxygen atoms in total. The van der Waals surface area contributed by atoms with Gasteiger partial charge in [-0.3, -0.25) is 0 Å². The molecule has 1 atom stereocenters. The van der Waals surface area contributed by atoms with Crippen molar-refractivity contribution in [3.8, 4) is 0 Å². The van der Waals surface area contributed by atoms with Gasteiger partial charge in [-0.1, -0.05) is 47.0 Å². The van der Waals surface area contributed by atoms with E-state index < -0.39 is 17.4 Å². The zero-order chi connectivity index (χ0) is 16.0.